The molecule has 0 saturated carbocycles. The van der Waals surface area contributed by atoms with Gasteiger partial charge in [-0.1, -0.05) is 0 Å². The van der Waals surface area contributed by atoms with Crippen LogP contribution in [0.3, 0.4) is 0 Å². The zero-order valence-corrected chi connectivity index (χ0v) is 15.8. The third-order valence-electron chi connectivity index (χ3n) is 5.14. The Kier molecular flexibility index (Phi) is 5.37. The van der Waals surface area contributed by atoms with Gasteiger partial charge in [-0.15, -0.1) is 0 Å². The first-order chi connectivity index (χ1) is 14.1. The predicted molar refractivity (Wildman–Crippen MR) is 106 cm³/mol. The van der Waals surface area contributed by atoms with Crippen molar-refractivity contribution in [1.82, 2.24) is 19.8 Å². The summed E-state index contributed by atoms with van der Waals surface area (Å²) in [5.41, 5.74) is 2.02. The number of rotatable bonds is 4. The molecule has 0 spiro atoms. The third kappa shape index (κ3) is 4.34. The van der Waals surface area contributed by atoms with E-state index >= 15 is 0 Å². The lowest BCUT2D eigenvalue weighted by atomic mass is 10.0. The summed E-state index contributed by atoms with van der Waals surface area (Å²) in [5.74, 6) is -0.596. The van der Waals surface area contributed by atoms with E-state index in [1.165, 1.54) is 24.3 Å². The van der Waals surface area contributed by atoms with E-state index in [0.29, 0.717) is 37.1 Å². The van der Waals surface area contributed by atoms with Gasteiger partial charge in [0.15, 0.2) is 0 Å². The molecular formula is C22H21FN4O2. The summed E-state index contributed by atoms with van der Waals surface area (Å²) in [4.78, 5) is 30.9. The van der Waals surface area contributed by atoms with Gasteiger partial charge in [-0.3, -0.25) is 9.59 Å². The van der Waals surface area contributed by atoms with Crippen LogP contribution in [-0.2, 0) is 0 Å². The SMILES string of the molecule is O=C(NC1CCN(C(=O)c2ccc(-n3ccnc3)cc2)CC1)c1ccc(F)cc1. The zero-order valence-electron chi connectivity index (χ0n) is 15.8. The standard InChI is InChI=1S/C22H21FN4O2/c23-18-5-1-16(2-6-18)21(28)25-19-9-12-26(13-10-19)22(29)17-3-7-20(8-4-17)27-14-11-24-15-27/h1-8,11,14-15,19H,9-10,12-13H2,(H,25,28). The van der Waals surface area contributed by atoms with Gasteiger partial charge in [0.05, 0.1) is 6.33 Å². The molecular weight excluding hydrogens is 371 g/mol. The first-order valence-corrected chi connectivity index (χ1v) is 9.54. The van der Waals surface area contributed by atoms with Gasteiger partial charge in [0, 0.05) is 48.3 Å². The summed E-state index contributed by atoms with van der Waals surface area (Å²) in [5, 5.41) is 2.97. The number of halogens is 1. The maximum atomic E-state index is 13.0. The van der Waals surface area contributed by atoms with Gasteiger partial charge in [-0.2, -0.15) is 0 Å². The van der Waals surface area contributed by atoms with Crippen molar-refractivity contribution in [2.45, 2.75) is 18.9 Å². The molecule has 0 unspecified atom stereocenters. The number of amides is 2. The Labute approximate surface area is 168 Å². The molecule has 3 aromatic rings. The van der Waals surface area contributed by atoms with Crippen LogP contribution in [0.4, 0.5) is 4.39 Å². The van der Waals surface area contributed by atoms with E-state index in [4.69, 9.17) is 0 Å². The Balaban J connectivity index is 1.31. The molecule has 1 saturated heterocycles. The van der Waals surface area contributed by atoms with Crippen LogP contribution >= 0.6 is 0 Å². The van der Waals surface area contributed by atoms with Crippen LogP contribution in [0, 0.1) is 5.82 Å². The van der Waals surface area contributed by atoms with Crippen molar-refractivity contribution < 1.29 is 14.0 Å². The smallest absolute Gasteiger partial charge is 0.253 e. The molecule has 2 heterocycles. The highest BCUT2D eigenvalue weighted by atomic mass is 19.1. The van der Waals surface area contributed by atoms with Crippen molar-refractivity contribution in [3.8, 4) is 5.69 Å². The minimum absolute atomic E-state index is 0.000204. The average molecular weight is 392 g/mol. The highest BCUT2D eigenvalue weighted by molar-refractivity contribution is 5.95. The Morgan fingerprint density at radius 2 is 1.62 bits per heavy atom. The van der Waals surface area contributed by atoms with Crippen LogP contribution in [-0.4, -0.2) is 45.4 Å². The molecule has 0 bridgehead atoms. The van der Waals surface area contributed by atoms with Gasteiger partial charge in [0.1, 0.15) is 5.82 Å². The molecule has 0 aliphatic carbocycles. The van der Waals surface area contributed by atoms with Gasteiger partial charge in [-0.25, -0.2) is 9.37 Å². The molecule has 29 heavy (non-hydrogen) atoms. The molecule has 1 aliphatic rings. The maximum absolute atomic E-state index is 13.0. The molecule has 1 N–H and O–H groups in total. The molecule has 0 radical (unpaired) electrons. The molecule has 1 fully saturated rings. The molecule has 7 heteroatoms. The molecule has 1 aromatic heterocycles. The van der Waals surface area contributed by atoms with Gasteiger partial charge in [0.2, 0.25) is 0 Å². The van der Waals surface area contributed by atoms with E-state index in [-0.39, 0.29) is 23.7 Å². The second kappa shape index (κ2) is 8.26. The van der Waals surface area contributed by atoms with Gasteiger partial charge >= 0.3 is 0 Å². The quantitative estimate of drug-likeness (QED) is 0.742. The highest BCUT2D eigenvalue weighted by Gasteiger charge is 2.25. The number of nitrogens with zero attached hydrogens (tertiary/aromatic N) is 3. The normalized spacial score (nSPS) is 14.6. The Morgan fingerprint density at radius 3 is 2.24 bits per heavy atom. The monoisotopic (exact) mass is 392 g/mol. The number of likely N-dealkylation sites (tertiary alicyclic amines) is 1. The van der Waals surface area contributed by atoms with E-state index in [9.17, 15) is 14.0 Å². The number of hydrogen-bond donors (Lipinski definition) is 1. The number of carbonyl (C=O) groups excluding carboxylic acids is 2. The van der Waals surface area contributed by atoms with E-state index in [1.807, 2.05) is 39.9 Å². The van der Waals surface area contributed by atoms with Crippen LogP contribution in [0.1, 0.15) is 33.6 Å². The van der Waals surface area contributed by atoms with Crippen molar-refractivity contribution >= 4 is 11.8 Å². The summed E-state index contributed by atoms with van der Waals surface area (Å²) in [6.07, 6.45) is 6.64. The van der Waals surface area contributed by atoms with Crippen molar-refractivity contribution in [3.63, 3.8) is 0 Å². The van der Waals surface area contributed by atoms with E-state index in [2.05, 4.69) is 10.3 Å². The number of aromatic nitrogens is 2. The Morgan fingerprint density at radius 1 is 0.966 bits per heavy atom. The Bertz CT molecular complexity index is 977. The fourth-order valence-corrected chi connectivity index (χ4v) is 3.47. The zero-order chi connectivity index (χ0) is 20.2. The molecule has 2 aromatic carbocycles. The predicted octanol–water partition coefficient (Wildman–Crippen LogP) is 3.05. The van der Waals surface area contributed by atoms with Gasteiger partial charge in [0.25, 0.3) is 11.8 Å². The number of benzene rings is 2. The van der Waals surface area contributed by atoms with Crippen LogP contribution < -0.4 is 5.32 Å². The average Bonchev–Trinajstić information content (AvgIpc) is 3.29. The lowest BCUT2D eigenvalue weighted by molar-refractivity contribution is 0.0698. The van der Waals surface area contributed by atoms with Crippen LogP contribution in [0.5, 0.6) is 0 Å². The van der Waals surface area contributed by atoms with Crippen LogP contribution in [0.15, 0.2) is 67.3 Å². The first-order valence-electron chi connectivity index (χ1n) is 9.54. The molecule has 148 valence electrons. The summed E-state index contributed by atoms with van der Waals surface area (Å²) >= 11 is 0. The summed E-state index contributed by atoms with van der Waals surface area (Å²) in [6, 6.07) is 12.9. The topological polar surface area (TPSA) is 67.2 Å². The Hall–Kier alpha value is -3.48. The molecule has 2 amide bonds. The molecule has 1 aliphatic heterocycles. The minimum atomic E-state index is -0.369. The number of carbonyl (C=O) groups is 2. The lowest BCUT2D eigenvalue weighted by Gasteiger charge is -2.32. The van der Waals surface area contributed by atoms with Gasteiger partial charge in [-0.05, 0) is 61.4 Å². The fraction of sp³-hybridized carbons (Fsp3) is 0.227. The number of hydrogen-bond acceptors (Lipinski definition) is 3. The molecule has 4 rings (SSSR count). The minimum Gasteiger partial charge on any atom is -0.349 e. The first kappa shape index (κ1) is 18.9. The largest absolute Gasteiger partial charge is 0.349 e. The van der Waals surface area contributed by atoms with Crippen LogP contribution in [0.2, 0.25) is 0 Å². The lowest BCUT2D eigenvalue weighted by Crippen LogP contribution is -2.46. The second-order valence-corrected chi connectivity index (χ2v) is 7.06. The maximum Gasteiger partial charge on any atom is 0.253 e. The number of piperidine rings is 1. The summed E-state index contributed by atoms with van der Waals surface area (Å²) in [7, 11) is 0. The highest BCUT2D eigenvalue weighted by Crippen LogP contribution is 2.16. The second-order valence-electron chi connectivity index (χ2n) is 7.06. The van der Waals surface area contributed by atoms with Crippen molar-refractivity contribution in [2.75, 3.05) is 13.1 Å². The van der Waals surface area contributed by atoms with Crippen molar-refractivity contribution in [1.29, 1.82) is 0 Å². The van der Waals surface area contributed by atoms with Crippen molar-refractivity contribution in [2.24, 2.45) is 0 Å². The van der Waals surface area contributed by atoms with E-state index in [0.717, 1.165) is 5.69 Å². The van der Waals surface area contributed by atoms with Crippen LogP contribution in [0.25, 0.3) is 5.69 Å². The van der Waals surface area contributed by atoms with Gasteiger partial charge < -0.3 is 14.8 Å². The molecule has 6 nitrogen and oxygen atoms in total. The van der Waals surface area contributed by atoms with Crippen molar-refractivity contribution in [3.05, 3.63) is 84.2 Å². The molecule has 0 atom stereocenters. The number of imidazole rings is 1. The summed E-state index contributed by atoms with van der Waals surface area (Å²) < 4.78 is 14.9. The van der Waals surface area contributed by atoms with E-state index < -0.39 is 0 Å². The number of nitrogens with one attached hydrogen (secondary N) is 1. The van der Waals surface area contributed by atoms with E-state index in [1.54, 1.807) is 12.5 Å². The summed E-state index contributed by atoms with van der Waals surface area (Å²) in [6.45, 7) is 1.16. The third-order valence-corrected chi connectivity index (χ3v) is 5.14. The fourth-order valence-electron chi connectivity index (χ4n) is 3.47.